The molecule has 0 saturated carbocycles. The summed E-state index contributed by atoms with van der Waals surface area (Å²) in [5.74, 6) is 0.0332. The Hall–Kier alpha value is -2.72. The van der Waals surface area contributed by atoms with E-state index in [1.165, 1.54) is 0 Å². The van der Waals surface area contributed by atoms with Gasteiger partial charge >= 0.3 is 0 Å². The maximum Gasteiger partial charge on any atom is 0.267 e. The molecule has 7 heteroatoms. The molecule has 1 aromatic carbocycles. The number of hydrogen-bond acceptors (Lipinski definition) is 5. The number of nitriles is 1. The third kappa shape index (κ3) is 4.43. The summed E-state index contributed by atoms with van der Waals surface area (Å²) in [5.41, 5.74) is 4.49. The lowest BCUT2D eigenvalue weighted by Gasteiger charge is -2.17. The quantitative estimate of drug-likeness (QED) is 0.827. The topological polar surface area (TPSA) is 97.6 Å². The van der Waals surface area contributed by atoms with Gasteiger partial charge in [0.05, 0.1) is 11.6 Å². The first kappa shape index (κ1) is 17.1. The molecule has 130 valence electrons. The molecule has 2 amide bonds. The fraction of sp³-hybridized carbons (Fsp3) is 0.444. The van der Waals surface area contributed by atoms with Crippen LogP contribution < -0.4 is 10.7 Å². The molecule has 7 nitrogen and oxygen atoms in total. The number of likely N-dealkylation sites (tertiary alicyclic amines) is 1. The summed E-state index contributed by atoms with van der Waals surface area (Å²) in [7, 11) is 0. The van der Waals surface area contributed by atoms with Crippen molar-refractivity contribution in [3.8, 4) is 6.07 Å². The smallest absolute Gasteiger partial charge is 0.267 e. The molecule has 0 bridgehead atoms. The van der Waals surface area contributed by atoms with Crippen molar-refractivity contribution in [2.24, 2.45) is 11.0 Å². The second-order valence-corrected chi connectivity index (χ2v) is 6.46. The molecule has 0 spiro atoms. The molecule has 1 atom stereocenters. The zero-order chi connectivity index (χ0) is 17.6. The normalized spacial score (nSPS) is 20.5. The molecule has 2 aliphatic rings. The van der Waals surface area contributed by atoms with E-state index in [2.05, 4.69) is 26.8 Å². The summed E-state index contributed by atoms with van der Waals surface area (Å²) < 4.78 is 0. The summed E-state index contributed by atoms with van der Waals surface area (Å²) in [5, 5.41) is 15.9. The van der Waals surface area contributed by atoms with E-state index in [1.54, 1.807) is 0 Å². The van der Waals surface area contributed by atoms with Crippen molar-refractivity contribution in [3.63, 3.8) is 0 Å². The Morgan fingerprint density at radius 3 is 3.00 bits per heavy atom. The second kappa shape index (κ2) is 7.90. The minimum atomic E-state index is -0.201. The van der Waals surface area contributed by atoms with Crippen molar-refractivity contribution in [1.82, 2.24) is 15.6 Å². The third-order valence-corrected chi connectivity index (χ3v) is 4.62. The maximum atomic E-state index is 12.1. The summed E-state index contributed by atoms with van der Waals surface area (Å²) in [6.07, 6.45) is 1.71. The monoisotopic (exact) mass is 339 g/mol. The van der Waals surface area contributed by atoms with Crippen molar-refractivity contribution >= 4 is 17.5 Å². The lowest BCUT2D eigenvalue weighted by Crippen LogP contribution is -2.39. The van der Waals surface area contributed by atoms with E-state index in [-0.39, 0.29) is 11.8 Å². The Kier molecular flexibility index (Phi) is 5.41. The van der Waals surface area contributed by atoms with Crippen molar-refractivity contribution in [1.29, 1.82) is 5.26 Å². The van der Waals surface area contributed by atoms with E-state index in [0.29, 0.717) is 31.0 Å². The third-order valence-electron chi connectivity index (χ3n) is 4.62. The van der Waals surface area contributed by atoms with Gasteiger partial charge in [-0.3, -0.25) is 14.5 Å². The minimum Gasteiger partial charge on any atom is -0.351 e. The van der Waals surface area contributed by atoms with Gasteiger partial charge in [0.15, 0.2) is 0 Å². The van der Waals surface area contributed by atoms with Crippen molar-refractivity contribution in [2.75, 3.05) is 19.6 Å². The van der Waals surface area contributed by atoms with Gasteiger partial charge in [-0.1, -0.05) is 18.2 Å². The Labute approximate surface area is 146 Å². The standard InChI is InChI=1S/C18H21N5O2/c19-9-14-3-1-2-4-15(14)12-23-8-7-13(11-23)10-20-18(25)16-5-6-17(24)22-21-16/h1-4,13H,5-8,10-12H2,(H,20,25)(H,22,24). The molecule has 1 saturated heterocycles. The predicted molar refractivity (Wildman–Crippen MR) is 92.4 cm³/mol. The van der Waals surface area contributed by atoms with Crippen LogP contribution in [0, 0.1) is 17.2 Å². The van der Waals surface area contributed by atoms with Crippen LogP contribution >= 0.6 is 0 Å². The Morgan fingerprint density at radius 1 is 1.40 bits per heavy atom. The van der Waals surface area contributed by atoms with Gasteiger partial charge in [-0.25, -0.2) is 5.43 Å². The molecule has 3 rings (SSSR count). The van der Waals surface area contributed by atoms with Gasteiger partial charge in [0, 0.05) is 32.5 Å². The number of carbonyl (C=O) groups is 2. The second-order valence-electron chi connectivity index (χ2n) is 6.46. The average Bonchev–Trinajstić information content (AvgIpc) is 3.08. The fourth-order valence-corrected chi connectivity index (χ4v) is 3.21. The van der Waals surface area contributed by atoms with Gasteiger partial charge in [0.2, 0.25) is 5.91 Å². The summed E-state index contributed by atoms with van der Waals surface area (Å²) in [6.45, 7) is 3.20. The molecule has 1 unspecified atom stereocenters. The Morgan fingerprint density at radius 2 is 2.24 bits per heavy atom. The molecule has 0 aliphatic carbocycles. The molecule has 25 heavy (non-hydrogen) atoms. The number of nitrogens with one attached hydrogen (secondary N) is 2. The molecule has 1 aromatic rings. The number of amides is 2. The molecule has 1 fully saturated rings. The molecule has 2 N–H and O–H groups in total. The highest BCUT2D eigenvalue weighted by Gasteiger charge is 2.25. The van der Waals surface area contributed by atoms with Crippen LogP contribution in [-0.2, 0) is 16.1 Å². The number of hydrogen-bond donors (Lipinski definition) is 2. The zero-order valence-electron chi connectivity index (χ0n) is 14.0. The Bertz CT molecular complexity index is 737. The van der Waals surface area contributed by atoms with Crippen molar-refractivity contribution < 1.29 is 9.59 Å². The van der Waals surface area contributed by atoms with Gasteiger partial charge in [-0.05, 0) is 30.5 Å². The van der Waals surface area contributed by atoms with E-state index in [4.69, 9.17) is 0 Å². The lowest BCUT2D eigenvalue weighted by atomic mass is 10.1. The zero-order valence-corrected chi connectivity index (χ0v) is 14.0. The molecular weight excluding hydrogens is 318 g/mol. The number of nitrogens with zero attached hydrogens (tertiary/aromatic N) is 3. The number of rotatable bonds is 5. The first-order valence-electron chi connectivity index (χ1n) is 8.49. The van der Waals surface area contributed by atoms with E-state index in [9.17, 15) is 14.9 Å². The van der Waals surface area contributed by atoms with Crippen LogP contribution in [0.2, 0.25) is 0 Å². The molecule has 2 aliphatic heterocycles. The SMILES string of the molecule is N#Cc1ccccc1CN1CCC(CNC(=O)C2=NNC(=O)CC2)C1. The van der Waals surface area contributed by atoms with Gasteiger partial charge in [-0.2, -0.15) is 10.4 Å². The van der Waals surface area contributed by atoms with E-state index in [0.717, 1.165) is 37.2 Å². The van der Waals surface area contributed by atoms with Crippen LogP contribution in [0.3, 0.4) is 0 Å². The van der Waals surface area contributed by atoms with E-state index >= 15 is 0 Å². The number of hydrazone groups is 1. The van der Waals surface area contributed by atoms with Crippen LogP contribution in [0.1, 0.15) is 30.4 Å². The molecule has 0 radical (unpaired) electrons. The Balaban J connectivity index is 1.46. The van der Waals surface area contributed by atoms with Gasteiger partial charge in [-0.15, -0.1) is 0 Å². The van der Waals surface area contributed by atoms with Gasteiger partial charge < -0.3 is 5.32 Å². The van der Waals surface area contributed by atoms with Crippen LogP contribution in [-0.4, -0.2) is 42.1 Å². The average molecular weight is 339 g/mol. The van der Waals surface area contributed by atoms with Crippen LogP contribution in [0.15, 0.2) is 29.4 Å². The highest BCUT2D eigenvalue weighted by molar-refractivity contribution is 6.39. The summed E-state index contributed by atoms with van der Waals surface area (Å²) in [4.78, 5) is 25.4. The van der Waals surface area contributed by atoms with Gasteiger partial charge in [0.1, 0.15) is 5.71 Å². The van der Waals surface area contributed by atoms with Crippen molar-refractivity contribution in [2.45, 2.75) is 25.8 Å². The first-order chi connectivity index (χ1) is 12.2. The van der Waals surface area contributed by atoms with E-state index in [1.807, 2.05) is 24.3 Å². The highest BCUT2D eigenvalue weighted by Crippen LogP contribution is 2.19. The van der Waals surface area contributed by atoms with Gasteiger partial charge in [0.25, 0.3) is 5.91 Å². The molecular formula is C18H21N5O2. The summed E-state index contributed by atoms with van der Waals surface area (Å²) >= 11 is 0. The first-order valence-corrected chi connectivity index (χ1v) is 8.49. The predicted octanol–water partition coefficient (Wildman–Crippen LogP) is 0.762. The maximum absolute atomic E-state index is 12.1. The van der Waals surface area contributed by atoms with Crippen LogP contribution in [0.4, 0.5) is 0 Å². The molecule has 2 heterocycles. The number of benzene rings is 1. The molecule has 0 aromatic heterocycles. The van der Waals surface area contributed by atoms with Crippen LogP contribution in [0.25, 0.3) is 0 Å². The van der Waals surface area contributed by atoms with E-state index < -0.39 is 0 Å². The van der Waals surface area contributed by atoms with Crippen molar-refractivity contribution in [3.05, 3.63) is 35.4 Å². The lowest BCUT2D eigenvalue weighted by molar-refractivity contribution is -0.121. The van der Waals surface area contributed by atoms with Crippen LogP contribution in [0.5, 0.6) is 0 Å². The largest absolute Gasteiger partial charge is 0.351 e. The minimum absolute atomic E-state index is 0.152. The highest BCUT2D eigenvalue weighted by atomic mass is 16.2. The summed E-state index contributed by atoms with van der Waals surface area (Å²) in [6, 6.07) is 9.89. The fourth-order valence-electron chi connectivity index (χ4n) is 3.21. The number of carbonyl (C=O) groups excluding carboxylic acids is 2.